The summed E-state index contributed by atoms with van der Waals surface area (Å²) in [5.41, 5.74) is 0.981. The smallest absolute Gasteiger partial charge is 0.421 e. The molecule has 4 saturated carbocycles. The second-order valence-electron chi connectivity index (χ2n) is 13.9. The molecule has 5 fully saturated rings. The van der Waals surface area contributed by atoms with Gasteiger partial charge in [-0.1, -0.05) is 12.1 Å². The van der Waals surface area contributed by atoms with Crippen molar-refractivity contribution in [1.29, 1.82) is 0 Å². The van der Waals surface area contributed by atoms with E-state index in [1.807, 2.05) is 18.2 Å². The Balaban J connectivity index is 1.07. The lowest BCUT2D eigenvalue weighted by atomic mass is 9.52. The number of alkyl halides is 3. The van der Waals surface area contributed by atoms with Gasteiger partial charge in [0.2, 0.25) is 5.95 Å². The normalized spacial score (nSPS) is 26.8. The quantitative estimate of drug-likeness (QED) is 0.240. The number of carbonyl (C=O) groups excluding carboxylic acids is 1. The Hall–Kier alpha value is -4.10. The molecule has 13 heteroatoms. The van der Waals surface area contributed by atoms with Gasteiger partial charge in [0, 0.05) is 57.2 Å². The molecule has 0 spiro atoms. The number of piperazine rings is 1. The lowest BCUT2D eigenvalue weighted by molar-refractivity contribution is -0.160. The number of para-hydroxylation sites is 1. The predicted octanol–water partition coefficient (Wildman–Crippen LogP) is 5.72. The summed E-state index contributed by atoms with van der Waals surface area (Å²) in [5, 5.41) is 19.3. The van der Waals surface area contributed by atoms with E-state index in [2.05, 4.69) is 35.7 Å². The number of rotatable bonds is 8. The first-order valence-corrected chi connectivity index (χ1v) is 16.6. The molecule has 1 saturated heterocycles. The van der Waals surface area contributed by atoms with Crippen LogP contribution >= 0.6 is 0 Å². The summed E-state index contributed by atoms with van der Waals surface area (Å²) in [6.45, 7) is 5.35. The summed E-state index contributed by atoms with van der Waals surface area (Å²) in [6.07, 6.45) is 1.36. The van der Waals surface area contributed by atoms with E-state index in [1.54, 1.807) is 26.2 Å². The van der Waals surface area contributed by atoms with Gasteiger partial charge in [0.1, 0.15) is 17.1 Å². The first-order chi connectivity index (χ1) is 22.9. The Labute approximate surface area is 278 Å². The predicted molar refractivity (Wildman–Crippen MR) is 177 cm³/mol. The van der Waals surface area contributed by atoms with Crippen molar-refractivity contribution >= 4 is 34.7 Å². The Morgan fingerprint density at radius 2 is 1.77 bits per heavy atom. The van der Waals surface area contributed by atoms with Crippen molar-refractivity contribution in [1.82, 2.24) is 20.2 Å². The van der Waals surface area contributed by atoms with Crippen LogP contribution in [0.25, 0.3) is 0 Å². The molecule has 2 unspecified atom stereocenters. The lowest BCUT2D eigenvalue weighted by Crippen LogP contribution is -2.64. The summed E-state index contributed by atoms with van der Waals surface area (Å²) < 4.78 is 47.8. The van der Waals surface area contributed by atoms with Crippen molar-refractivity contribution in [2.24, 2.45) is 17.8 Å². The minimum absolute atomic E-state index is 0.0689. The lowest BCUT2D eigenvalue weighted by Gasteiger charge is -2.61. The number of halogens is 3. The molecule has 3 aromatic rings. The van der Waals surface area contributed by atoms with Crippen molar-refractivity contribution in [3.63, 3.8) is 0 Å². The first kappa shape index (κ1) is 32.4. The SMILES string of the molecule is CNC(=O)c1cccc(C)c1Nc1nc(Nc2ccc(N3CCN([C@H]4C5CC6CC4C[C@@](O)(C6)C5)CC3)cc2OC)ncc1C(F)(F)F. The van der Waals surface area contributed by atoms with Gasteiger partial charge in [-0.25, -0.2) is 4.98 Å². The van der Waals surface area contributed by atoms with Crippen LogP contribution in [0.1, 0.15) is 53.6 Å². The minimum Gasteiger partial charge on any atom is -0.494 e. The number of aliphatic hydroxyl groups is 1. The monoisotopic (exact) mass is 665 g/mol. The van der Waals surface area contributed by atoms with Gasteiger partial charge in [0.15, 0.2) is 0 Å². The molecule has 48 heavy (non-hydrogen) atoms. The van der Waals surface area contributed by atoms with Gasteiger partial charge in [-0.3, -0.25) is 9.69 Å². The molecule has 4 aliphatic carbocycles. The van der Waals surface area contributed by atoms with E-state index < -0.39 is 29.1 Å². The number of anilines is 5. The molecule has 4 N–H and O–H groups in total. The highest BCUT2D eigenvalue weighted by Crippen LogP contribution is 2.57. The highest BCUT2D eigenvalue weighted by atomic mass is 19.4. The molecule has 4 bridgehead atoms. The van der Waals surface area contributed by atoms with Crippen LogP contribution in [0, 0.1) is 24.7 Å². The minimum atomic E-state index is -4.74. The van der Waals surface area contributed by atoms with E-state index in [0.29, 0.717) is 40.8 Å². The van der Waals surface area contributed by atoms with E-state index in [4.69, 9.17) is 4.74 Å². The number of aromatic nitrogens is 2. The molecule has 1 aliphatic heterocycles. The maximum Gasteiger partial charge on any atom is 0.421 e. The molecular weight excluding hydrogens is 623 g/mol. The molecule has 1 amide bonds. The maximum absolute atomic E-state index is 14.0. The summed E-state index contributed by atoms with van der Waals surface area (Å²) >= 11 is 0. The van der Waals surface area contributed by atoms with Crippen LogP contribution in [-0.2, 0) is 6.18 Å². The molecule has 2 aromatic carbocycles. The van der Waals surface area contributed by atoms with Crippen LogP contribution in [-0.4, -0.2) is 77.9 Å². The largest absolute Gasteiger partial charge is 0.494 e. The van der Waals surface area contributed by atoms with Crippen molar-refractivity contribution in [3.8, 4) is 5.75 Å². The van der Waals surface area contributed by atoms with Gasteiger partial charge < -0.3 is 30.7 Å². The standard InChI is InChI=1S/C35H42F3N7O3/c1-20-5-4-6-25(32(46)39-2)29(20)42-31-26(35(36,37)38)19-40-33(43-31)41-27-8-7-24(15-28(27)48-3)44-9-11-45(12-10-44)30-22-13-21-14-23(30)18-34(47,16-21)17-22/h4-8,15,19,21-23,30,47H,9-14,16-18H2,1-3H3,(H,39,46)(H2,40,41,42,43)/t21?,22?,23?,30-,34+. The Morgan fingerprint density at radius 3 is 2.42 bits per heavy atom. The van der Waals surface area contributed by atoms with Gasteiger partial charge in [0.25, 0.3) is 5.91 Å². The molecule has 5 aliphatic rings. The maximum atomic E-state index is 14.0. The second kappa shape index (κ2) is 12.4. The Bertz CT molecular complexity index is 1680. The highest BCUT2D eigenvalue weighted by Gasteiger charge is 2.56. The molecule has 1 aromatic heterocycles. The van der Waals surface area contributed by atoms with Gasteiger partial charge in [-0.15, -0.1) is 0 Å². The Morgan fingerprint density at radius 1 is 1.04 bits per heavy atom. The summed E-state index contributed by atoms with van der Waals surface area (Å²) in [6, 6.07) is 11.2. The van der Waals surface area contributed by atoms with Crippen LogP contribution in [0.15, 0.2) is 42.6 Å². The molecule has 256 valence electrons. The van der Waals surface area contributed by atoms with Crippen LogP contribution < -0.4 is 25.6 Å². The number of hydrogen-bond acceptors (Lipinski definition) is 9. The fourth-order valence-electron chi connectivity index (χ4n) is 8.95. The van der Waals surface area contributed by atoms with Crippen LogP contribution in [0.3, 0.4) is 0 Å². The third-order valence-corrected chi connectivity index (χ3v) is 10.8. The highest BCUT2D eigenvalue weighted by molar-refractivity contribution is 6.00. The molecule has 2 heterocycles. The van der Waals surface area contributed by atoms with Gasteiger partial charge >= 0.3 is 6.18 Å². The van der Waals surface area contributed by atoms with E-state index in [9.17, 15) is 23.1 Å². The number of ether oxygens (including phenoxy) is 1. The van der Waals surface area contributed by atoms with Crippen LogP contribution in [0.4, 0.5) is 42.0 Å². The topological polar surface area (TPSA) is 115 Å². The van der Waals surface area contributed by atoms with Crippen molar-refractivity contribution in [2.75, 3.05) is 55.9 Å². The Kier molecular flexibility index (Phi) is 8.39. The van der Waals surface area contributed by atoms with Crippen LogP contribution in [0.5, 0.6) is 5.75 Å². The zero-order chi connectivity index (χ0) is 33.8. The average Bonchev–Trinajstić information content (AvgIpc) is 3.04. The number of benzene rings is 2. The number of aryl methyl sites for hydroxylation is 1. The number of carbonyl (C=O) groups is 1. The van der Waals surface area contributed by atoms with Gasteiger partial charge in [-0.05, 0) is 80.5 Å². The van der Waals surface area contributed by atoms with E-state index >= 15 is 0 Å². The average molecular weight is 666 g/mol. The molecule has 0 radical (unpaired) electrons. The fraction of sp³-hybridized carbons (Fsp3) is 0.514. The molecular formula is C35H42F3N7O3. The second-order valence-corrected chi connectivity index (χ2v) is 13.9. The fourth-order valence-corrected chi connectivity index (χ4v) is 8.95. The molecule has 10 nitrogen and oxygen atoms in total. The number of nitrogens with one attached hydrogen (secondary N) is 3. The van der Waals surface area contributed by atoms with Gasteiger partial charge in [-0.2, -0.15) is 18.2 Å². The van der Waals surface area contributed by atoms with Crippen LogP contribution in [0.2, 0.25) is 0 Å². The summed E-state index contributed by atoms with van der Waals surface area (Å²) in [4.78, 5) is 25.6. The first-order valence-electron chi connectivity index (χ1n) is 16.6. The van der Waals surface area contributed by atoms with Crippen molar-refractivity contribution < 1.29 is 27.8 Å². The number of nitrogens with zero attached hydrogens (tertiary/aromatic N) is 4. The van der Waals surface area contributed by atoms with E-state index in [0.717, 1.165) is 57.3 Å². The van der Waals surface area contributed by atoms with E-state index in [-0.39, 0.29) is 17.2 Å². The van der Waals surface area contributed by atoms with Gasteiger partial charge in [0.05, 0.1) is 29.6 Å². The third-order valence-electron chi connectivity index (χ3n) is 10.8. The third kappa shape index (κ3) is 6.13. The van der Waals surface area contributed by atoms with Crippen molar-refractivity contribution in [2.45, 2.75) is 56.8 Å². The molecule has 8 rings (SSSR count). The van der Waals surface area contributed by atoms with Crippen molar-refractivity contribution in [3.05, 3.63) is 59.3 Å². The zero-order valence-corrected chi connectivity index (χ0v) is 27.4. The summed E-state index contributed by atoms with van der Waals surface area (Å²) in [5.74, 6) is 1.38. The zero-order valence-electron chi connectivity index (χ0n) is 27.4. The summed E-state index contributed by atoms with van der Waals surface area (Å²) in [7, 11) is 3.00. The molecule has 2 atom stereocenters. The number of amides is 1. The van der Waals surface area contributed by atoms with E-state index in [1.165, 1.54) is 26.0 Å². The number of methoxy groups -OCH3 is 1. The number of hydrogen-bond donors (Lipinski definition) is 4.